The first kappa shape index (κ1) is 14.5. The summed E-state index contributed by atoms with van der Waals surface area (Å²) in [5.74, 6) is 0.551. The van der Waals surface area contributed by atoms with Crippen LogP contribution in [0.25, 0.3) is 11.4 Å². The van der Waals surface area contributed by atoms with Crippen molar-refractivity contribution in [2.24, 2.45) is 0 Å². The van der Waals surface area contributed by atoms with Gasteiger partial charge in [0.05, 0.1) is 12.4 Å². The molecule has 104 valence electrons. The van der Waals surface area contributed by atoms with Crippen LogP contribution in [0, 0.1) is 0 Å². The van der Waals surface area contributed by atoms with Gasteiger partial charge in [0.1, 0.15) is 5.75 Å². The van der Waals surface area contributed by atoms with Crippen LogP contribution in [0.1, 0.15) is 11.1 Å². The molecule has 0 aliphatic heterocycles. The maximum atomic E-state index is 11.7. The zero-order valence-electron chi connectivity index (χ0n) is 10.9. The van der Waals surface area contributed by atoms with Crippen LogP contribution in [-0.2, 0) is 4.57 Å². The third-order valence-corrected chi connectivity index (χ3v) is 3.80. The Kier molecular flexibility index (Phi) is 4.40. The molecule has 0 bridgehead atoms. The van der Waals surface area contributed by atoms with Crippen molar-refractivity contribution < 1.29 is 19.1 Å². The molecule has 2 rings (SSSR count). The first-order chi connectivity index (χ1) is 9.50. The summed E-state index contributed by atoms with van der Waals surface area (Å²) in [7, 11) is -2.88. The van der Waals surface area contributed by atoms with E-state index in [1.54, 1.807) is 36.4 Å². The van der Waals surface area contributed by atoms with E-state index >= 15 is 0 Å². The van der Waals surface area contributed by atoms with E-state index < -0.39 is 7.60 Å². The van der Waals surface area contributed by atoms with Crippen LogP contribution in [0.4, 0.5) is 0 Å². The Morgan fingerprint density at radius 1 is 1.10 bits per heavy atom. The first-order valence-electron chi connectivity index (χ1n) is 5.98. The SMILES string of the molecule is COc1cccc(C(=Cc2ccccc2)P(=O)(O)O)c1. The molecule has 0 saturated heterocycles. The van der Waals surface area contributed by atoms with E-state index in [0.717, 1.165) is 5.56 Å². The summed E-state index contributed by atoms with van der Waals surface area (Å²) < 4.78 is 16.8. The van der Waals surface area contributed by atoms with E-state index in [9.17, 15) is 14.4 Å². The van der Waals surface area contributed by atoms with Gasteiger partial charge in [0.2, 0.25) is 0 Å². The molecule has 0 fully saturated rings. The second kappa shape index (κ2) is 6.06. The zero-order chi connectivity index (χ0) is 14.6. The highest BCUT2D eigenvalue weighted by atomic mass is 31.2. The summed E-state index contributed by atoms with van der Waals surface area (Å²) in [5, 5.41) is -0.0254. The summed E-state index contributed by atoms with van der Waals surface area (Å²) in [6, 6.07) is 15.7. The van der Waals surface area contributed by atoms with Gasteiger partial charge in [-0.25, -0.2) is 0 Å². The van der Waals surface area contributed by atoms with E-state index in [4.69, 9.17) is 4.74 Å². The lowest BCUT2D eigenvalue weighted by molar-refractivity contribution is 0.388. The Morgan fingerprint density at radius 3 is 2.40 bits per heavy atom. The molecular formula is C15H15O4P. The fourth-order valence-electron chi connectivity index (χ4n) is 1.83. The summed E-state index contributed by atoms with van der Waals surface area (Å²) in [5.41, 5.74) is 1.18. The molecule has 0 unspecified atom stereocenters. The molecule has 0 heterocycles. The molecule has 0 spiro atoms. The predicted octanol–water partition coefficient (Wildman–Crippen LogP) is 3.37. The largest absolute Gasteiger partial charge is 0.497 e. The fourth-order valence-corrected chi connectivity index (χ4v) is 2.62. The van der Waals surface area contributed by atoms with Crippen molar-refractivity contribution in [3.05, 3.63) is 65.7 Å². The molecule has 0 aliphatic rings. The van der Waals surface area contributed by atoms with Crippen molar-refractivity contribution in [2.45, 2.75) is 0 Å². The number of benzene rings is 2. The highest BCUT2D eigenvalue weighted by Crippen LogP contribution is 2.52. The van der Waals surface area contributed by atoms with Crippen molar-refractivity contribution in [3.63, 3.8) is 0 Å². The molecule has 2 N–H and O–H groups in total. The molecule has 0 amide bonds. The van der Waals surface area contributed by atoms with Gasteiger partial charge in [0, 0.05) is 0 Å². The lowest BCUT2D eigenvalue weighted by atomic mass is 10.1. The Labute approximate surface area is 117 Å². The number of rotatable bonds is 4. The standard InChI is InChI=1S/C15H15O4P/c1-19-14-9-5-8-13(11-14)15(20(16,17)18)10-12-6-3-2-4-7-12/h2-11H,1H3,(H2,16,17,18). The number of hydrogen-bond donors (Lipinski definition) is 2. The first-order valence-corrected chi connectivity index (χ1v) is 7.59. The predicted molar refractivity (Wildman–Crippen MR) is 79.4 cm³/mol. The average molecular weight is 290 g/mol. The minimum absolute atomic E-state index is 0.0254. The Balaban J connectivity index is 2.54. The number of hydrogen-bond acceptors (Lipinski definition) is 2. The maximum absolute atomic E-state index is 11.7. The quantitative estimate of drug-likeness (QED) is 0.669. The van der Waals surface area contributed by atoms with E-state index in [2.05, 4.69) is 0 Å². The number of methoxy groups -OCH3 is 1. The summed E-state index contributed by atoms with van der Waals surface area (Å²) in [6.07, 6.45) is 1.50. The van der Waals surface area contributed by atoms with Gasteiger partial charge in [-0.3, -0.25) is 4.57 Å². The van der Waals surface area contributed by atoms with Crippen molar-refractivity contribution >= 4 is 19.0 Å². The van der Waals surface area contributed by atoms with E-state index in [1.807, 2.05) is 18.2 Å². The topological polar surface area (TPSA) is 66.8 Å². The molecule has 0 aromatic heterocycles. The summed E-state index contributed by atoms with van der Waals surface area (Å²) >= 11 is 0. The molecule has 2 aromatic carbocycles. The van der Waals surface area contributed by atoms with Gasteiger partial charge >= 0.3 is 7.60 Å². The van der Waals surface area contributed by atoms with Crippen LogP contribution in [0.5, 0.6) is 5.75 Å². The van der Waals surface area contributed by atoms with Gasteiger partial charge in [-0.05, 0) is 29.3 Å². The summed E-state index contributed by atoms with van der Waals surface area (Å²) in [6.45, 7) is 0. The monoisotopic (exact) mass is 290 g/mol. The molecule has 0 atom stereocenters. The van der Waals surface area contributed by atoms with E-state index in [0.29, 0.717) is 11.3 Å². The van der Waals surface area contributed by atoms with Gasteiger partial charge in [0.15, 0.2) is 0 Å². The van der Waals surface area contributed by atoms with Crippen LogP contribution in [0.3, 0.4) is 0 Å². The second-order valence-electron chi connectivity index (χ2n) is 4.22. The van der Waals surface area contributed by atoms with Gasteiger partial charge in [-0.2, -0.15) is 0 Å². The molecule has 2 aromatic rings. The van der Waals surface area contributed by atoms with Crippen LogP contribution in [-0.4, -0.2) is 16.9 Å². The second-order valence-corrected chi connectivity index (χ2v) is 5.79. The highest BCUT2D eigenvalue weighted by Gasteiger charge is 2.23. The lowest BCUT2D eigenvalue weighted by Gasteiger charge is -2.11. The molecule has 0 radical (unpaired) electrons. The van der Waals surface area contributed by atoms with Crippen LogP contribution < -0.4 is 4.74 Å². The highest BCUT2D eigenvalue weighted by molar-refractivity contribution is 7.63. The smallest absolute Gasteiger partial charge is 0.356 e. The van der Waals surface area contributed by atoms with E-state index in [1.165, 1.54) is 13.2 Å². The Hall–Kier alpha value is -1.87. The van der Waals surface area contributed by atoms with Gasteiger partial charge in [-0.15, -0.1) is 0 Å². The zero-order valence-corrected chi connectivity index (χ0v) is 11.8. The molecule has 20 heavy (non-hydrogen) atoms. The molecule has 5 heteroatoms. The maximum Gasteiger partial charge on any atom is 0.356 e. The van der Waals surface area contributed by atoms with Crippen molar-refractivity contribution in [2.75, 3.05) is 7.11 Å². The van der Waals surface area contributed by atoms with E-state index in [-0.39, 0.29) is 5.31 Å². The Bertz CT molecular complexity index is 659. The third-order valence-electron chi connectivity index (χ3n) is 2.78. The van der Waals surface area contributed by atoms with Gasteiger partial charge in [0.25, 0.3) is 0 Å². The van der Waals surface area contributed by atoms with Crippen molar-refractivity contribution in [1.29, 1.82) is 0 Å². The minimum Gasteiger partial charge on any atom is -0.497 e. The van der Waals surface area contributed by atoms with Crippen molar-refractivity contribution in [3.8, 4) is 5.75 Å². The number of ether oxygens (including phenoxy) is 1. The van der Waals surface area contributed by atoms with Crippen LogP contribution in [0.2, 0.25) is 0 Å². The summed E-state index contributed by atoms with van der Waals surface area (Å²) in [4.78, 5) is 19.1. The van der Waals surface area contributed by atoms with Crippen molar-refractivity contribution in [1.82, 2.24) is 0 Å². The molecule has 0 aliphatic carbocycles. The molecule has 4 nitrogen and oxygen atoms in total. The molecule has 0 saturated carbocycles. The fraction of sp³-hybridized carbons (Fsp3) is 0.0667. The lowest BCUT2D eigenvalue weighted by Crippen LogP contribution is -1.89. The third kappa shape index (κ3) is 3.58. The average Bonchev–Trinajstić information content (AvgIpc) is 2.45. The van der Waals surface area contributed by atoms with Gasteiger partial charge in [-0.1, -0.05) is 42.5 Å². The van der Waals surface area contributed by atoms with Crippen LogP contribution in [0.15, 0.2) is 54.6 Å². The normalized spacial score (nSPS) is 12.2. The van der Waals surface area contributed by atoms with Crippen LogP contribution >= 0.6 is 7.60 Å². The minimum atomic E-state index is -4.39. The Morgan fingerprint density at radius 2 is 1.80 bits per heavy atom. The molecular weight excluding hydrogens is 275 g/mol. The van der Waals surface area contributed by atoms with Gasteiger partial charge < -0.3 is 14.5 Å².